The first kappa shape index (κ1) is 11.2. The maximum Gasteiger partial charge on any atom is 0.360 e. The van der Waals surface area contributed by atoms with Crippen molar-refractivity contribution in [3.63, 3.8) is 0 Å². The first-order valence-electron chi connectivity index (χ1n) is 4.39. The van der Waals surface area contributed by atoms with Gasteiger partial charge in [0, 0.05) is 0 Å². The molecule has 1 heterocycles. The third-order valence-electron chi connectivity index (χ3n) is 1.94. The van der Waals surface area contributed by atoms with Gasteiger partial charge in [0.05, 0.1) is 13.3 Å². The zero-order chi connectivity index (χ0) is 11.4. The molecule has 0 saturated heterocycles. The third kappa shape index (κ3) is 2.30. The Bertz CT molecular complexity index is 374. The quantitative estimate of drug-likeness (QED) is 0.678. The number of carbonyl (C=O) groups excluding carboxylic acids is 2. The third-order valence-corrected chi connectivity index (χ3v) is 1.94. The monoisotopic (exact) mass is 212 g/mol. The zero-order valence-electron chi connectivity index (χ0n) is 8.51. The molecular formula is C8H12N4O3. The van der Waals surface area contributed by atoms with Crippen molar-refractivity contribution in [3.8, 4) is 0 Å². The first-order valence-corrected chi connectivity index (χ1v) is 4.39. The fourth-order valence-corrected chi connectivity index (χ4v) is 1.15. The Hall–Kier alpha value is -1.92. The van der Waals surface area contributed by atoms with E-state index in [1.807, 2.05) is 0 Å². The van der Waals surface area contributed by atoms with Gasteiger partial charge >= 0.3 is 5.97 Å². The molecule has 15 heavy (non-hydrogen) atoms. The smallest absolute Gasteiger partial charge is 0.360 e. The highest BCUT2D eigenvalue weighted by atomic mass is 16.5. The van der Waals surface area contributed by atoms with Gasteiger partial charge in [0.25, 0.3) is 0 Å². The average Bonchev–Trinajstić information content (AvgIpc) is 2.66. The van der Waals surface area contributed by atoms with Gasteiger partial charge < -0.3 is 10.5 Å². The number of aromatic nitrogens is 3. The Labute approximate surface area is 86.2 Å². The van der Waals surface area contributed by atoms with Crippen molar-refractivity contribution in [2.75, 3.05) is 7.11 Å². The minimum absolute atomic E-state index is 0.0530. The molecule has 7 nitrogen and oxygen atoms in total. The molecule has 0 fully saturated rings. The number of rotatable bonds is 4. The summed E-state index contributed by atoms with van der Waals surface area (Å²) in [4.78, 5) is 22.1. The van der Waals surface area contributed by atoms with Crippen LogP contribution in [0.5, 0.6) is 0 Å². The van der Waals surface area contributed by atoms with Gasteiger partial charge in [-0.3, -0.25) is 4.79 Å². The zero-order valence-corrected chi connectivity index (χ0v) is 8.51. The number of methoxy groups -OCH3 is 1. The van der Waals surface area contributed by atoms with E-state index in [-0.39, 0.29) is 5.69 Å². The summed E-state index contributed by atoms with van der Waals surface area (Å²) in [7, 11) is 1.24. The van der Waals surface area contributed by atoms with E-state index >= 15 is 0 Å². The molecular weight excluding hydrogens is 200 g/mol. The van der Waals surface area contributed by atoms with Crippen molar-refractivity contribution in [2.45, 2.75) is 19.4 Å². The van der Waals surface area contributed by atoms with Crippen LogP contribution >= 0.6 is 0 Å². The van der Waals surface area contributed by atoms with E-state index in [0.29, 0.717) is 6.42 Å². The molecule has 0 aliphatic carbocycles. The second-order valence-electron chi connectivity index (χ2n) is 2.90. The fraction of sp³-hybridized carbons (Fsp3) is 0.500. The molecule has 0 spiro atoms. The summed E-state index contributed by atoms with van der Waals surface area (Å²) in [6, 6.07) is -0.587. The molecule has 0 aromatic carbocycles. The Morgan fingerprint density at radius 2 is 2.33 bits per heavy atom. The molecule has 0 aliphatic heterocycles. The molecule has 0 aliphatic rings. The van der Waals surface area contributed by atoms with Crippen LogP contribution in [0.4, 0.5) is 0 Å². The maximum atomic E-state index is 11.1. The Kier molecular flexibility index (Phi) is 3.37. The van der Waals surface area contributed by atoms with E-state index in [1.165, 1.54) is 18.0 Å². The van der Waals surface area contributed by atoms with E-state index in [9.17, 15) is 9.59 Å². The molecule has 1 unspecified atom stereocenters. The Balaban J connectivity index is 2.92. The number of esters is 1. The molecule has 1 amide bonds. The second kappa shape index (κ2) is 4.54. The number of ether oxygens (including phenoxy) is 1. The largest absolute Gasteiger partial charge is 0.464 e. The lowest BCUT2D eigenvalue weighted by atomic mass is 10.2. The van der Waals surface area contributed by atoms with Crippen LogP contribution in [0.3, 0.4) is 0 Å². The van der Waals surface area contributed by atoms with Crippen LogP contribution in [0.1, 0.15) is 29.9 Å². The van der Waals surface area contributed by atoms with Crippen molar-refractivity contribution in [1.82, 2.24) is 15.0 Å². The van der Waals surface area contributed by atoms with Gasteiger partial charge in [-0.15, -0.1) is 5.10 Å². The minimum atomic E-state index is -0.597. The van der Waals surface area contributed by atoms with Gasteiger partial charge in [-0.05, 0) is 6.42 Å². The topological polar surface area (TPSA) is 100 Å². The summed E-state index contributed by atoms with van der Waals surface area (Å²) in [5, 5.41) is 7.21. The number of nitrogens with zero attached hydrogens (tertiary/aromatic N) is 3. The van der Waals surface area contributed by atoms with Crippen LogP contribution in [-0.4, -0.2) is 34.0 Å². The standard InChI is InChI=1S/C8H12N4O3/c1-3-6(7(9)13)12-4-5(10-11-12)8(14)15-2/h4,6H,3H2,1-2H3,(H2,9,13). The molecule has 0 bridgehead atoms. The molecule has 1 aromatic heterocycles. The summed E-state index contributed by atoms with van der Waals surface area (Å²) in [5.41, 5.74) is 5.21. The van der Waals surface area contributed by atoms with Crippen LogP contribution < -0.4 is 5.73 Å². The maximum absolute atomic E-state index is 11.1. The number of primary amides is 1. The Morgan fingerprint density at radius 3 is 2.80 bits per heavy atom. The number of carbonyl (C=O) groups is 2. The highest BCUT2D eigenvalue weighted by Crippen LogP contribution is 2.09. The van der Waals surface area contributed by atoms with Crippen molar-refractivity contribution in [1.29, 1.82) is 0 Å². The van der Waals surface area contributed by atoms with Crippen LogP contribution in [0.2, 0.25) is 0 Å². The van der Waals surface area contributed by atoms with Gasteiger partial charge in [0.15, 0.2) is 5.69 Å². The van der Waals surface area contributed by atoms with Gasteiger partial charge in [-0.1, -0.05) is 12.1 Å². The molecule has 0 radical (unpaired) electrons. The van der Waals surface area contributed by atoms with Crippen molar-refractivity contribution >= 4 is 11.9 Å². The molecule has 0 saturated carbocycles. The van der Waals surface area contributed by atoms with E-state index in [1.54, 1.807) is 6.92 Å². The molecule has 2 N–H and O–H groups in total. The predicted octanol–water partition coefficient (Wildman–Crippen LogP) is -0.499. The highest BCUT2D eigenvalue weighted by Gasteiger charge is 2.19. The first-order chi connectivity index (χ1) is 7.10. The van der Waals surface area contributed by atoms with Crippen molar-refractivity contribution in [2.24, 2.45) is 5.73 Å². The molecule has 1 rings (SSSR count). The lowest BCUT2D eigenvalue weighted by Gasteiger charge is -2.08. The van der Waals surface area contributed by atoms with Crippen LogP contribution in [-0.2, 0) is 9.53 Å². The second-order valence-corrected chi connectivity index (χ2v) is 2.90. The molecule has 1 atom stereocenters. The highest BCUT2D eigenvalue weighted by molar-refractivity contribution is 5.86. The summed E-state index contributed by atoms with van der Waals surface area (Å²) in [6.45, 7) is 1.79. The number of amides is 1. The lowest BCUT2D eigenvalue weighted by molar-refractivity contribution is -0.121. The van der Waals surface area contributed by atoms with Gasteiger partial charge in [0.1, 0.15) is 6.04 Å². The Morgan fingerprint density at radius 1 is 1.67 bits per heavy atom. The van der Waals surface area contributed by atoms with Crippen LogP contribution in [0, 0.1) is 0 Å². The van der Waals surface area contributed by atoms with Crippen molar-refractivity contribution in [3.05, 3.63) is 11.9 Å². The molecule has 82 valence electrons. The lowest BCUT2D eigenvalue weighted by Crippen LogP contribution is -2.26. The fourth-order valence-electron chi connectivity index (χ4n) is 1.15. The summed E-state index contributed by atoms with van der Waals surface area (Å²) < 4.78 is 5.71. The SMILES string of the molecule is CCC(C(N)=O)n1cc(C(=O)OC)nn1. The number of nitrogens with two attached hydrogens (primary N) is 1. The molecule has 1 aromatic rings. The van der Waals surface area contributed by atoms with Crippen LogP contribution in [0.15, 0.2) is 6.20 Å². The van der Waals surface area contributed by atoms with E-state index in [4.69, 9.17) is 5.73 Å². The summed E-state index contributed by atoms with van der Waals surface area (Å²) in [6.07, 6.45) is 1.82. The van der Waals surface area contributed by atoms with Crippen molar-refractivity contribution < 1.29 is 14.3 Å². The predicted molar refractivity (Wildman–Crippen MR) is 49.9 cm³/mol. The normalized spacial score (nSPS) is 12.1. The number of hydrogen-bond donors (Lipinski definition) is 1. The van der Waals surface area contributed by atoms with Gasteiger partial charge in [0.2, 0.25) is 5.91 Å². The number of hydrogen-bond acceptors (Lipinski definition) is 5. The van der Waals surface area contributed by atoms with Gasteiger partial charge in [-0.2, -0.15) is 0 Å². The van der Waals surface area contributed by atoms with Gasteiger partial charge in [-0.25, -0.2) is 9.48 Å². The average molecular weight is 212 g/mol. The summed E-state index contributed by atoms with van der Waals surface area (Å²) >= 11 is 0. The van der Waals surface area contributed by atoms with E-state index in [0.717, 1.165) is 0 Å². The summed E-state index contributed by atoms with van der Waals surface area (Å²) in [5.74, 6) is -1.11. The van der Waals surface area contributed by atoms with Crippen LogP contribution in [0.25, 0.3) is 0 Å². The van der Waals surface area contributed by atoms with E-state index < -0.39 is 17.9 Å². The molecule has 7 heteroatoms. The van der Waals surface area contributed by atoms with E-state index in [2.05, 4.69) is 15.0 Å². The minimum Gasteiger partial charge on any atom is -0.464 e.